The lowest BCUT2D eigenvalue weighted by atomic mass is 10.2. The smallest absolute Gasteiger partial charge is 0.226 e. The van der Waals surface area contributed by atoms with Crippen molar-refractivity contribution in [3.05, 3.63) is 54.4 Å². The Balaban J connectivity index is 1.72. The number of hydrogen-bond donors (Lipinski definition) is 0. The Labute approximate surface area is 132 Å². The molecule has 3 rings (SSSR count). The van der Waals surface area contributed by atoms with Gasteiger partial charge >= 0.3 is 0 Å². The lowest BCUT2D eigenvalue weighted by molar-refractivity contribution is 0.296. The van der Waals surface area contributed by atoms with Crippen LogP contribution in [-0.4, -0.2) is 28.8 Å². The van der Waals surface area contributed by atoms with E-state index in [1.165, 1.54) is 6.07 Å². The first-order valence-corrected chi connectivity index (χ1v) is 9.07. The number of benzene rings is 1. The van der Waals surface area contributed by atoms with Crippen molar-refractivity contribution in [2.75, 3.05) is 6.26 Å². The molecule has 2 heterocycles. The van der Waals surface area contributed by atoms with Gasteiger partial charge < -0.3 is 4.74 Å². The van der Waals surface area contributed by atoms with Gasteiger partial charge in [0.2, 0.25) is 5.88 Å². The summed E-state index contributed by atoms with van der Waals surface area (Å²) in [7, 11) is -3.24. The molecule has 0 bridgehead atoms. The molecule has 0 atom stereocenters. The normalized spacial score (nSPS) is 11.5. The Morgan fingerprint density at radius 2 is 2.14 bits per heavy atom. The minimum absolute atomic E-state index is 0.202. The molecule has 0 fully saturated rings. The first kappa shape index (κ1) is 14.7. The first-order valence-electron chi connectivity index (χ1n) is 6.41. The summed E-state index contributed by atoms with van der Waals surface area (Å²) in [6.07, 6.45) is 4.72. The van der Waals surface area contributed by atoms with Gasteiger partial charge in [0.05, 0.1) is 5.69 Å². The summed E-state index contributed by atoms with van der Waals surface area (Å²) in [5.41, 5.74) is 1.88. The summed E-state index contributed by atoms with van der Waals surface area (Å²) in [6, 6.07) is 11.0. The standard InChI is InChI=1S/C14H13N3O3S2/c1-22(18,19)14-9-13(16-21-14)20-10-11-4-2-5-12(8-11)17-7-3-6-15-17/h2-9H,10H2,1H3. The fraction of sp³-hybridized carbons (Fsp3) is 0.143. The predicted molar refractivity (Wildman–Crippen MR) is 83.1 cm³/mol. The number of ether oxygens (including phenoxy) is 1. The van der Waals surface area contributed by atoms with E-state index >= 15 is 0 Å². The van der Waals surface area contributed by atoms with Crippen molar-refractivity contribution in [3.8, 4) is 11.6 Å². The summed E-state index contributed by atoms with van der Waals surface area (Å²) < 4.78 is 34.3. The molecule has 3 aromatic rings. The highest BCUT2D eigenvalue weighted by Crippen LogP contribution is 2.22. The van der Waals surface area contributed by atoms with Crippen molar-refractivity contribution in [1.29, 1.82) is 0 Å². The van der Waals surface area contributed by atoms with Crippen LogP contribution in [0, 0.1) is 0 Å². The van der Waals surface area contributed by atoms with Crippen molar-refractivity contribution in [3.63, 3.8) is 0 Å². The molecule has 8 heteroatoms. The van der Waals surface area contributed by atoms with Crippen LogP contribution in [0.3, 0.4) is 0 Å². The zero-order chi connectivity index (χ0) is 15.6. The lowest BCUT2D eigenvalue weighted by Crippen LogP contribution is -1.99. The van der Waals surface area contributed by atoms with E-state index in [1.54, 1.807) is 10.9 Å². The van der Waals surface area contributed by atoms with E-state index < -0.39 is 9.84 Å². The van der Waals surface area contributed by atoms with E-state index in [-0.39, 0.29) is 4.21 Å². The molecule has 0 saturated carbocycles. The number of aromatic nitrogens is 3. The minimum Gasteiger partial charge on any atom is -0.472 e. The van der Waals surface area contributed by atoms with Crippen LogP contribution in [0.5, 0.6) is 5.88 Å². The van der Waals surface area contributed by atoms with Gasteiger partial charge in [0.25, 0.3) is 0 Å². The molecule has 0 radical (unpaired) electrons. The Morgan fingerprint density at radius 1 is 1.27 bits per heavy atom. The highest BCUT2D eigenvalue weighted by molar-refractivity contribution is 7.92. The van der Waals surface area contributed by atoms with Crippen LogP contribution in [-0.2, 0) is 16.4 Å². The molecule has 2 aromatic heterocycles. The van der Waals surface area contributed by atoms with Gasteiger partial charge in [-0.25, -0.2) is 13.1 Å². The average Bonchev–Trinajstić information content (AvgIpc) is 3.16. The van der Waals surface area contributed by atoms with Gasteiger partial charge in [-0.15, -0.1) is 0 Å². The zero-order valence-electron chi connectivity index (χ0n) is 11.7. The molecule has 0 unspecified atom stereocenters. The van der Waals surface area contributed by atoms with Crippen LogP contribution < -0.4 is 4.74 Å². The fourth-order valence-corrected chi connectivity index (χ4v) is 3.26. The third kappa shape index (κ3) is 3.34. The van der Waals surface area contributed by atoms with Crippen LogP contribution >= 0.6 is 11.5 Å². The van der Waals surface area contributed by atoms with E-state index in [9.17, 15) is 8.42 Å². The molecule has 6 nitrogen and oxygen atoms in total. The molecule has 0 aliphatic heterocycles. The maximum absolute atomic E-state index is 11.4. The second kappa shape index (κ2) is 5.90. The maximum atomic E-state index is 11.4. The predicted octanol–water partition coefficient (Wildman–Crippen LogP) is 2.31. The molecule has 22 heavy (non-hydrogen) atoms. The number of rotatable bonds is 5. The van der Waals surface area contributed by atoms with Gasteiger partial charge in [-0.05, 0) is 35.3 Å². The number of nitrogens with zero attached hydrogens (tertiary/aromatic N) is 3. The lowest BCUT2D eigenvalue weighted by Gasteiger charge is -2.06. The van der Waals surface area contributed by atoms with Gasteiger partial charge in [-0.2, -0.15) is 9.47 Å². The van der Waals surface area contributed by atoms with Gasteiger partial charge in [-0.1, -0.05) is 12.1 Å². The molecular formula is C14H13N3O3S2. The molecular weight excluding hydrogens is 322 g/mol. The highest BCUT2D eigenvalue weighted by Gasteiger charge is 2.12. The molecule has 114 valence electrons. The Hall–Kier alpha value is -2.19. The van der Waals surface area contributed by atoms with E-state index in [1.807, 2.05) is 36.5 Å². The van der Waals surface area contributed by atoms with Crippen molar-refractivity contribution in [1.82, 2.24) is 14.2 Å². The molecule has 0 aliphatic rings. The summed E-state index contributed by atoms with van der Waals surface area (Å²) in [5.74, 6) is 0.315. The molecule has 0 spiro atoms. The van der Waals surface area contributed by atoms with Gasteiger partial charge in [0.1, 0.15) is 10.8 Å². The second-order valence-corrected chi connectivity index (χ2v) is 7.71. The van der Waals surface area contributed by atoms with Crippen molar-refractivity contribution < 1.29 is 13.2 Å². The zero-order valence-corrected chi connectivity index (χ0v) is 13.3. The van der Waals surface area contributed by atoms with Crippen LogP contribution in [0.4, 0.5) is 0 Å². The van der Waals surface area contributed by atoms with Gasteiger partial charge in [-0.3, -0.25) is 0 Å². The molecule has 0 aliphatic carbocycles. The largest absolute Gasteiger partial charge is 0.472 e. The van der Waals surface area contributed by atoms with Crippen molar-refractivity contribution in [2.24, 2.45) is 0 Å². The number of sulfone groups is 1. The quantitative estimate of drug-likeness (QED) is 0.715. The van der Waals surface area contributed by atoms with Gasteiger partial charge in [0.15, 0.2) is 9.84 Å². The summed E-state index contributed by atoms with van der Waals surface area (Å²) in [4.78, 5) is 0. The maximum Gasteiger partial charge on any atom is 0.226 e. The van der Waals surface area contributed by atoms with Crippen LogP contribution in [0.25, 0.3) is 5.69 Å². The van der Waals surface area contributed by atoms with Crippen LogP contribution in [0.1, 0.15) is 5.56 Å². The first-order chi connectivity index (χ1) is 10.5. The Bertz CT molecular complexity index is 870. The second-order valence-electron chi connectivity index (χ2n) is 4.67. The molecule has 1 aromatic carbocycles. The van der Waals surface area contributed by atoms with E-state index in [0.29, 0.717) is 12.5 Å². The fourth-order valence-electron chi connectivity index (χ4n) is 1.85. The summed E-state index contributed by atoms with van der Waals surface area (Å²) in [6.45, 7) is 0.308. The minimum atomic E-state index is -3.24. The average molecular weight is 335 g/mol. The summed E-state index contributed by atoms with van der Waals surface area (Å²) >= 11 is 0.916. The molecule has 0 N–H and O–H groups in total. The van der Waals surface area contributed by atoms with Crippen LogP contribution in [0.2, 0.25) is 0 Å². The topological polar surface area (TPSA) is 74.1 Å². The number of hydrogen-bond acceptors (Lipinski definition) is 6. The molecule has 0 amide bonds. The SMILES string of the molecule is CS(=O)(=O)c1cc(OCc2cccc(-n3cccn3)c2)ns1. The van der Waals surface area contributed by atoms with Crippen molar-refractivity contribution >= 4 is 21.4 Å². The van der Waals surface area contributed by atoms with E-state index in [0.717, 1.165) is 29.0 Å². The van der Waals surface area contributed by atoms with Crippen LogP contribution in [0.15, 0.2) is 53.0 Å². The van der Waals surface area contributed by atoms with Gasteiger partial charge in [0, 0.05) is 24.7 Å². The third-order valence-corrected chi connectivity index (χ3v) is 5.45. The third-order valence-electron chi connectivity index (χ3n) is 2.90. The Morgan fingerprint density at radius 3 is 2.82 bits per heavy atom. The van der Waals surface area contributed by atoms with Crippen molar-refractivity contribution in [2.45, 2.75) is 10.8 Å². The van der Waals surface area contributed by atoms with E-state index in [4.69, 9.17) is 4.74 Å². The Kier molecular flexibility index (Phi) is 3.95. The summed E-state index contributed by atoms with van der Waals surface area (Å²) in [5, 5.41) is 4.17. The monoisotopic (exact) mass is 335 g/mol. The van der Waals surface area contributed by atoms with E-state index in [2.05, 4.69) is 9.47 Å². The highest BCUT2D eigenvalue weighted by atomic mass is 32.2. The molecule has 0 saturated heterocycles.